The molecule has 2 aromatic rings. The number of alkyl halides is 4. The van der Waals surface area contributed by atoms with Crippen molar-refractivity contribution < 1.29 is 13.2 Å². The SMILES string of the molecule is FC(F)(F)CCCn1c(CCCl)nc2cc(Cl)c(Cl)cc21. The fourth-order valence-electron chi connectivity index (χ4n) is 2.13. The highest BCUT2D eigenvalue weighted by Gasteiger charge is 2.26. The zero-order valence-electron chi connectivity index (χ0n) is 10.9. The van der Waals surface area contributed by atoms with E-state index in [-0.39, 0.29) is 13.0 Å². The lowest BCUT2D eigenvalue weighted by molar-refractivity contribution is -0.135. The van der Waals surface area contributed by atoms with Crippen LogP contribution in [0.2, 0.25) is 10.0 Å². The van der Waals surface area contributed by atoms with Crippen LogP contribution < -0.4 is 0 Å². The van der Waals surface area contributed by atoms with Crippen LogP contribution in [0.25, 0.3) is 11.0 Å². The molecule has 1 aromatic heterocycles. The van der Waals surface area contributed by atoms with Gasteiger partial charge < -0.3 is 4.57 Å². The molecule has 21 heavy (non-hydrogen) atoms. The lowest BCUT2D eigenvalue weighted by Gasteiger charge is -2.10. The summed E-state index contributed by atoms with van der Waals surface area (Å²) in [5, 5.41) is 0.708. The van der Waals surface area contributed by atoms with E-state index in [0.29, 0.717) is 39.2 Å². The fourth-order valence-corrected chi connectivity index (χ4v) is 2.62. The Labute approximate surface area is 134 Å². The number of rotatable bonds is 5. The van der Waals surface area contributed by atoms with Crippen molar-refractivity contribution in [3.05, 3.63) is 28.0 Å². The van der Waals surface area contributed by atoms with Gasteiger partial charge in [-0.25, -0.2) is 4.98 Å². The first kappa shape index (κ1) is 16.7. The Morgan fingerprint density at radius 3 is 2.43 bits per heavy atom. The molecule has 0 saturated heterocycles. The van der Waals surface area contributed by atoms with E-state index >= 15 is 0 Å². The van der Waals surface area contributed by atoms with Gasteiger partial charge in [0.25, 0.3) is 0 Å². The van der Waals surface area contributed by atoms with Gasteiger partial charge in [-0.1, -0.05) is 23.2 Å². The monoisotopic (exact) mass is 358 g/mol. The van der Waals surface area contributed by atoms with Crippen LogP contribution in [-0.4, -0.2) is 21.6 Å². The van der Waals surface area contributed by atoms with Gasteiger partial charge in [0.2, 0.25) is 0 Å². The normalized spacial score (nSPS) is 12.3. The van der Waals surface area contributed by atoms with Crippen LogP contribution in [0.3, 0.4) is 0 Å². The van der Waals surface area contributed by atoms with E-state index in [1.54, 1.807) is 16.7 Å². The fraction of sp³-hybridized carbons (Fsp3) is 0.462. The molecule has 2 nitrogen and oxygen atoms in total. The average Bonchev–Trinajstić information content (AvgIpc) is 2.67. The minimum atomic E-state index is -4.16. The van der Waals surface area contributed by atoms with Crippen molar-refractivity contribution in [1.29, 1.82) is 0 Å². The van der Waals surface area contributed by atoms with Crippen molar-refractivity contribution in [1.82, 2.24) is 9.55 Å². The first-order valence-electron chi connectivity index (χ1n) is 6.28. The third-order valence-corrected chi connectivity index (χ3v) is 3.94. The second kappa shape index (κ2) is 6.63. The summed E-state index contributed by atoms with van der Waals surface area (Å²) in [6.45, 7) is 0.209. The highest BCUT2D eigenvalue weighted by molar-refractivity contribution is 6.42. The van der Waals surface area contributed by atoms with Crippen molar-refractivity contribution in [2.24, 2.45) is 0 Å². The van der Waals surface area contributed by atoms with E-state index in [9.17, 15) is 13.2 Å². The van der Waals surface area contributed by atoms with Gasteiger partial charge in [-0.05, 0) is 18.6 Å². The van der Waals surface area contributed by atoms with Crippen molar-refractivity contribution in [3.63, 3.8) is 0 Å². The van der Waals surface area contributed by atoms with Gasteiger partial charge in [-0.3, -0.25) is 0 Å². The van der Waals surface area contributed by atoms with Crippen LogP contribution >= 0.6 is 34.8 Å². The standard InChI is InChI=1S/C13H12Cl3F3N2/c14-4-2-12-20-10-6-8(15)9(16)7-11(10)21(12)5-1-3-13(17,18)19/h6-7H,1-5H2. The van der Waals surface area contributed by atoms with Gasteiger partial charge in [-0.2, -0.15) is 13.2 Å². The summed E-state index contributed by atoms with van der Waals surface area (Å²) < 4.78 is 38.6. The van der Waals surface area contributed by atoms with Crippen LogP contribution in [-0.2, 0) is 13.0 Å². The van der Waals surface area contributed by atoms with Crippen LogP contribution in [0.1, 0.15) is 18.7 Å². The molecule has 8 heteroatoms. The van der Waals surface area contributed by atoms with Gasteiger partial charge >= 0.3 is 6.18 Å². The molecule has 0 amide bonds. The zero-order valence-corrected chi connectivity index (χ0v) is 13.1. The van der Waals surface area contributed by atoms with Gasteiger partial charge in [0.1, 0.15) is 5.82 Å². The Bertz CT molecular complexity index is 638. The summed E-state index contributed by atoms with van der Waals surface area (Å²) >= 11 is 17.6. The highest BCUT2D eigenvalue weighted by atomic mass is 35.5. The van der Waals surface area contributed by atoms with Crippen molar-refractivity contribution in [2.75, 3.05) is 5.88 Å². The Balaban J connectivity index is 2.34. The van der Waals surface area contributed by atoms with E-state index in [4.69, 9.17) is 34.8 Å². The molecule has 0 spiro atoms. The molecule has 0 aliphatic rings. The lowest BCUT2D eigenvalue weighted by Crippen LogP contribution is -2.11. The van der Waals surface area contributed by atoms with Crippen molar-refractivity contribution in [2.45, 2.75) is 32.0 Å². The minimum absolute atomic E-state index is 0.0233. The molecule has 0 N–H and O–H groups in total. The number of hydrogen-bond acceptors (Lipinski definition) is 1. The number of nitrogens with zero attached hydrogens (tertiary/aromatic N) is 2. The molecule has 0 atom stereocenters. The van der Waals surface area contributed by atoms with Gasteiger partial charge in [-0.15, -0.1) is 11.6 Å². The van der Waals surface area contributed by atoms with E-state index in [0.717, 1.165) is 0 Å². The molecule has 0 fully saturated rings. The van der Waals surface area contributed by atoms with Crippen LogP contribution in [0.5, 0.6) is 0 Å². The molecule has 1 aromatic carbocycles. The number of halogens is 6. The van der Waals surface area contributed by atoms with E-state index in [1.807, 2.05) is 0 Å². The van der Waals surface area contributed by atoms with Crippen molar-refractivity contribution in [3.8, 4) is 0 Å². The molecule has 0 radical (unpaired) electrons. The molecule has 0 bridgehead atoms. The highest BCUT2D eigenvalue weighted by Crippen LogP contribution is 2.29. The quantitative estimate of drug-likeness (QED) is 0.648. The van der Waals surface area contributed by atoms with Crippen molar-refractivity contribution >= 4 is 45.8 Å². The summed E-state index contributed by atoms with van der Waals surface area (Å²) in [5.41, 5.74) is 1.28. The van der Waals surface area contributed by atoms with E-state index in [2.05, 4.69) is 4.98 Å². The average molecular weight is 360 g/mol. The van der Waals surface area contributed by atoms with Crippen LogP contribution in [0.15, 0.2) is 12.1 Å². The van der Waals surface area contributed by atoms with Crippen LogP contribution in [0.4, 0.5) is 13.2 Å². The second-order valence-electron chi connectivity index (χ2n) is 4.59. The third-order valence-electron chi connectivity index (χ3n) is 3.03. The number of fused-ring (bicyclic) bond motifs is 1. The van der Waals surface area contributed by atoms with Gasteiger partial charge in [0.05, 0.1) is 21.1 Å². The topological polar surface area (TPSA) is 17.8 Å². The zero-order chi connectivity index (χ0) is 15.6. The number of imidazole rings is 1. The molecular formula is C13H12Cl3F3N2. The first-order chi connectivity index (χ1) is 9.81. The number of aryl methyl sites for hydroxylation is 2. The molecular weight excluding hydrogens is 348 g/mol. The smallest absolute Gasteiger partial charge is 0.328 e. The van der Waals surface area contributed by atoms with Crippen LogP contribution in [0, 0.1) is 0 Å². The van der Waals surface area contributed by atoms with E-state index < -0.39 is 12.6 Å². The Morgan fingerprint density at radius 2 is 1.81 bits per heavy atom. The summed E-state index contributed by atoms with van der Waals surface area (Å²) in [7, 11) is 0. The number of hydrogen-bond donors (Lipinski definition) is 0. The van der Waals surface area contributed by atoms with E-state index in [1.165, 1.54) is 0 Å². The molecule has 0 aliphatic heterocycles. The molecule has 116 valence electrons. The molecule has 0 saturated carbocycles. The molecule has 0 unspecified atom stereocenters. The molecule has 2 rings (SSSR count). The van der Waals surface area contributed by atoms with Gasteiger partial charge in [0, 0.05) is 25.3 Å². The predicted octanol–water partition coefficient (Wildman–Crippen LogP) is 5.47. The largest absolute Gasteiger partial charge is 0.389 e. The predicted molar refractivity (Wildman–Crippen MR) is 79.5 cm³/mol. The van der Waals surface area contributed by atoms with Gasteiger partial charge in [0.15, 0.2) is 0 Å². The summed E-state index contributed by atoms with van der Waals surface area (Å²) in [4.78, 5) is 4.37. The summed E-state index contributed by atoms with van der Waals surface area (Å²) in [5.74, 6) is 0.977. The number of aromatic nitrogens is 2. The summed E-state index contributed by atoms with van der Waals surface area (Å²) in [6, 6.07) is 3.23. The maximum atomic E-state index is 12.3. The summed E-state index contributed by atoms with van der Waals surface area (Å²) in [6.07, 6.45) is -4.56. The second-order valence-corrected chi connectivity index (χ2v) is 5.78. The maximum Gasteiger partial charge on any atom is 0.389 e. The molecule has 1 heterocycles. The third kappa shape index (κ3) is 4.18. The molecule has 0 aliphatic carbocycles. The lowest BCUT2D eigenvalue weighted by atomic mass is 10.2. The number of benzene rings is 1. The Kier molecular flexibility index (Phi) is 5.28. The minimum Gasteiger partial charge on any atom is -0.328 e. The Hall–Kier alpha value is -0.650. The first-order valence-corrected chi connectivity index (χ1v) is 7.58. The Morgan fingerprint density at radius 1 is 1.14 bits per heavy atom. The maximum absolute atomic E-state index is 12.3.